The minimum absolute atomic E-state index is 0.106. The van der Waals surface area contributed by atoms with Crippen LogP contribution in [0.1, 0.15) is 45.9 Å². The molecule has 0 saturated heterocycles. The van der Waals surface area contributed by atoms with Gasteiger partial charge in [0.1, 0.15) is 0 Å². The largest absolute Gasteiger partial charge is 0.331 e. The van der Waals surface area contributed by atoms with E-state index < -0.39 is 0 Å². The molecule has 4 nitrogen and oxygen atoms in total. The van der Waals surface area contributed by atoms with Gasteiger partial charge in [-0.3, -0.25) is 4.79 Å². The number of rotatable bonds is 3. The number of fused-ring (bicyclic) bond motifs is 1. The lowest BCUT2D eigenvalue weighted by Gasteiger charge is -2.35. The van der Waals surface area contributed by atoms with E-state index >= 15 is 0 Å². The zero-order chi connectivity index (χ0) is 17.4. The molecular weight excluding hydrogens is 330 g/mol. The van der Waals surface area contributed by atoms with Gasteiger partial charge >= 0.3 is 0 Å². The van der Waals surface area contributed by atoms with Crippen molar-refractivity contribution in [2.24, 2.45) is 0 Å². The molecule has 0 saturated carbocycles. The maximum absolute atomic E-state index is 13.2. The van der Waals surface area contributed by atoms with Crippen molar-refractivity contribution >= 4 is 17.2 Å². The van der Waals surface area contributed by atoms with Gasteiger partial charge in [-0.2, -0.15) is 5.10 Å². The molecule has 5 heteroatoms. The molecule has 0 N–H and O–H groups in total. The Bertz CT molecular complexity index is 911. The van der Waals surface area contributed by atoms with E-state index in [0.29, 0.717) is 0 Å². The van der Waals surface area contributed by atoms with E-state index in [1.165, 1.54) is 10.4 Å². The Balaban J connectivity index is 1.65. The molecule has 1 amide bonds. The van der Waals surface area contributed by atoms with Gasteiger partial charge in [0.15, 0.2) is 0 Å². The maximum Gasteiger partial charge on any atom is 0.254 e. The Morgan fingerprint density at radius 2 is 2.20 bits per heavy atom. The number of hydrogen-bond acceptors (Lipinski definition) is 3. The van der Waals surface area contributed by atoms with Gasteiger partial charge in [-0.25, -0.2) is 4.68 Å². The van der Waals surface area contributed by atoms with Crippen molar-refractivity contribution in [1.82, 2.24) is 14.7 Å². The van der Waals surface area contributed by atoms with E-state index in [9.17, 15) is 4.79 Å². The van der Waals surface area contributed by atoms with E-state index in [1.54, 1.807) is 11.3 Å². The van der Waals surface area contributed by atoms with Crippen LogP contribution in [0.15, 0.2) is 48.0 Å². The highest BCUT2D eigenvalue weighted by Gasteiger charge is 2.30. The second-order valence-electron chi connectivity index (χ2n) is 6.42. The van der Waals surface area contributed by atoms with Crippen LogP contribution in [0.4, 0.5) is 0 Å². The first-order valence-electron chi connectivity index (χ1n) is 8.67. The summed E-state index contributed by atoms with van der Waals surface area (Å²) in [5.41, 5.74) is 3.93. The molecule has 0 fully saturated rings. The SMILES string of the molecule is CC[C@@H]1c2ccsc2CCN1C(=O)c1cccc(-n2ccc(C)n2)c1. The number of carbonyl (C=O) groups is 1. The van der Waals surface area contributed by atoms with E-state index in [0.717, 1.165) is 36.3 Å². The summed E-state index contributed by atoms with van der Waals surface area (Å²) in [4.78, 5) is 16.6. The number of amides is 1. The lowest BCUT2D eigenvalue weighted by molar-refractivity contribution is 0.0657. The Morgan fingerprint density at radius 1 is 1.32 bits per heavy atom. The van der Waals surface area contributed by atoms with E-state index in [2.05, 4.69) is 23.5 Å². The van der Waals surface area contributed by atoms with Crippen LogP contribution in [0, 0.1) is 6.92 Å². The predicted octanol–water partition coefficient (Wildman–Crippen LogP) is 4.39. The number of aryl methyl sites for hydroxylation is 1. The van der Waals surface area contributed by atoms with Crippen LogP contribution in [-0.4, -0.2) is 27.1 Å². The summed E-state index contributed by atoms with van der Waals surface area (Å²) in [5, 5.41) is 6.58. The van der Waals surface area contributed by atoms with Crippen LogP contribution >= 0.6 is 11.3 Å². The number of benzene rings is 1. The third kappa shape index (κ3) is 2.89. The van der Waals surface area contributed by atoms with E-state index in [1.807, 2.05) is 53.0 Å². The first-order chi connectivity index (χ1) is 12.2. The molecule has 2 aromatic heterocycles. The number of carbonyl (C=O) groups excluding carboxylic acids is 1. The molecule has 0 aliphatic carbocycles. The number of aromatic nitrogens is 2. The van der Waals surface area contributed by atoms with Crippen LogP contribution in [0.3, 0.4) is 0 Å². The molecule has 0 spiro atoms. The molecule has 0 bridgehead atoms. The summed E-state index contributed by atoms with van der Waals surface area (Å²) in [7, 11) is 0. The van der Waals surface area contributed by atoms with Crippen LogP contribution < -0.4 is 0 Å². The van der Waals surface area contributed by atoms with E-state index in [4.69, 9.17) is 0 Å². The van der Waals surface area contributed by atoms with Crippen molar-refractivity contribution in [2.75, 3.05) is 6.54 Å². The van der Waals surface area contributed by atoms with Crippen molar-refractivity contribution in [2.45, 2.75) is 32.7 Å². The molecule has 0 unspecified atom stereocenters. The predicted molar refractivity (Wildman–Crippen MR) is 100 cm³/mol. The third-order valence-corrected chi connectivity index (χ3v) is 5.82. The topological polar surface area (TPSA) is 38.1 Å². The summed E-state index contributed by atoms with van der Waals surface area (Å²) in [6.07, 6.45) is 3.81. The van der Waals surface area contributed by atoms with Crippen LogP contribution in [0.5, 0.6) is 0 Å². The molecular formula is C20H21N3OS. The summed E-state index contributed by atoms with van der Waals surface area (Å²) in [6.45, 7) is 4.90. The summed E-state index contributed by atoms with van der Waals surface area (Å²) < 4.78 is 1.82. The molecule has 1 atom stereocenters. The zero-order valence-electron chi connectivity index (χ0n) is 14.5. The van der Waals surface area contributed by atoms with Crippen molar-refractivity contribution in [3.63, 3.8) is 0 Å². The van der Waals surface area contributed by atoms with Gasteiger partial charge < -0.3 is 4.90 Å². The summed E-state index contributed by atoms with van der Waals surface area (Å²) >= 11 is 1.81. The van der Waals surface area contributed by atoms with Gasteiger partial charge in [0.05, 0.1) is 17.4 Å². The van der Waals surface area contributed by atoms with Gasteiger partial charge in [-0.1, -0.05) is 13.0 Å². The van der Waals surface area contributed by atoms with Gasteiger partial charge in [0.2, 0.25) is 0 Å². The lowest BCUT2D eigenvalue weighted by atomic mass is 9.97. The van der Waals surface area contributed by atoms with Crippen LogP contribution in [0.25, 0.3) is 5.69 Å². The highest BCUT2D eigenvalue weighted by molar-refractivity contribution is 7.10. The van der Waals surface area contributed by atoms with Crippen molar-refractivity contribution in [3.05, 3.63) is 69.7 Å². The van der Waals surface area contributed by atoms with Crippen LogP contribution in [0.2, 0.25) is 0 Å². The fraction of sp³-hybridized carbons (Fsp3) is 0.300. The second-order valence-corrected chi connectivity index (χ2v) is 7.42. The molecule has 25 heavy (non-hydrogen) atoms. The number of thiophene rings is 1. The molecule has 128 valence electrons. The molecule has 4 rings (SSSR count). The quantitative estimate of drug-likeness (QED) is 0.702. The molecule has 1 aromatic carbocycles. The normalized spacial score (nSPS) is 16.7. The number of nitrogens with zero attached hydrogens (tertiary/aromatic N) is 3. The molecule has 1 aliphatic heterocycles. The molecule has 3 heterocycles. The molecule has 1 aliphatic rings. The Labute approximate surface area is 151 Å². The first kappa shape index (κ1) is 16.1. The Kier molecular flexibility index (Phi) is 4.17. The van der Waals surface area contributed by atoms with Crippen molar-refractivity contribution < 1.29 is 4.79 Å². The second kappa shape index (κ2) is 6.48. The standard InChI is InChI=1S/C20H21N3OS/c1-3-18-17-9-12-25-19(17)8-10-22(18)20(24)15-5-4-6-16(13-15)23-11-7-14(2)21-23/h4-7,9,11-13,18H,3,8,10H2,1-2H3/t18-/m1/s1. The van der Waals surface area contributed by atoms with Gasteiger partial charge in [0.25, 0.3) is 5.91 Å². The minimum atomic E-state index is 0.106. The van der Waals surface area contributed by atoms with Gasteiger partial charge in [-0.15, -0.1) is 11.3 Å². The third-order valence-electron chi connectivity index (χ3n) is 4.82. The monoisotopic (exact) mass is 351 g/mol. The average molecular weight is 351 g/mol. The average Bonchev–Trinajstić information content (AvgIpc) is 3.29. The molecule has 0 radical (unpaired) electrons. The first-order valence-corrected chi connectivity index (χ1v) is 9.55. The minimum Gasteiger partial charge on any atom is -0.331 e. The zero-order valence-corrected chi connectivity index (χ0v) is 15.3. The van der Waals surface area contributed by atoms with E-state index in [-0.39, 0.29) is 11.9 Å². The number of hydrogen-bond donors (Lipinski definition) is 0. The van der Waals surface area contributed by atoms with Crippen molar-refractivity contribution in [3.8, 4) is 5.69 Å². The molecule has 3 aromatic rings. The fourth-order valence-corrected chi connectivity index (χ4v) is 4.51. The summed E-state index contributed by atoms with van der Waals surface area (Å²) in [6, 6.07) is 12.1. The van der Waals surface area contributed by atoms with Gasteiger partial charge in [-0.05, 0) is 61.0 Å². The van der Waals surface area contributed by atoms with Crippen molar-refractivity contribution in [1.29, 1.82) is 0 Å². The lowest BCUT2D eigenvalue weighted by Crippen LogP contribution is -2.39. The maximum atomic E-state index is 13.2. The highest BCUT2D eigenvalue weighted by Crippen LogP contribution is 2.36. The Hall–Kier alpha value is -2.40. The smallest absolute Gasteiger partial charge is 0.254 e. The summed E-state index contributed by atoms with van der Waals surface area (Å²) in [5.74, 6) is 0.106. The van der Waals surface area contributed by atoms with Crippen LogP contribution in [-0.2, 0) is 6.42 Å². The van der Waals surface area contributed by atoms with Gasteiger partial charge in [0, 0.05) is 23.2 Å². The Morgan fingerprint density at radius 3 is 2.96 bits per heavy atom. The highest BCUT2D eigenvalue weighted by atomic mass is 32.1. The fourth-order valence-electron chi connectivity index (χ4n) is 3.59.